The van der Waals surface area contributed by atoms with Gasteiger partial charge in [-0.3, -0.25) is 0 Å². The minimum atomic E-state index is -4.00. The summed E-state index contributed by atoms with van der Waals surface area (Å²) < 4.78 is 30.7. The first-order valence-electron chi connectivity index (χ1n) is 4.20. The summed E-state index contributed by atoms with van der Waals surface area (Å²) in [4.78, 5) is 0. The monoisotopic (exact) mass is 216 g/mol. The zero-order valence-electron chi connectivity index (χ0n) is 8.96. The van der Waals surface area contributed by atoms with Gasteiger partial charge in [0.25, 0.3) is 0 Å². The molecule has 74 valence electrons. The quantitative estimate of drug-likeness (QED) is 0.426. The van der Waals surface area contributed by atoms with Crippen LogP contribution in [0.5, 0.6) is 0 Å². The van der Waals surface area contributed by atoms with E-state index >= 15 is 0 Å². The van der Waals surface area contributed by atoms with Gasteiger partial charge in [-0.1, -0.05) is 27.2 Å². The molecule has 0 aliphatic heterocycles. The molecule has 0 amide bonds. The van der Waals surface area contributed by atoms with E-state index in [2.05, 4.69) is 20.8 Å². The molecule has 0 aliphatic carbocycles. The normalized spacial score (nSPS) is 12.3. The van der Waals surface area contributed by atoms with Gasteiger partial charge in [0, 0.05) is 5.75 Å². The number of rotatable bonds is 5. The van der Waals surface area contributed by atoms with Gasteiger partial charge in [0.15, 0.2) is 0 Å². The summed E-state index contributed by atoms with van der Waals surface area (Å²) in [5.74, 6) is -0.226. The van der Waals surface area contributed by atoms with Gasteiger partial charge in [-0.05, 0) is 18.3 Å². The standard InChI is InChI=1S/C8H18O3S.Na/c1-4-8(2,3)6-5-7-12(9,10)11;/h4-7H2,1-3H3,(H,9,10,11);/q;+1/p-1. The van der Waals surface area contributed by atoms with Crippen molar-refractivity contribution < 1.29 is 42.5 Å². The van der Waals surface area contributed by atoms with Gasteiger partial charge in [0.1, 0.15) is 0 Å². The van der Waals surface area contributed by atoms with Gasteiger partial charge in [0.2, 0.25) is 0 Å². The Morgan fingerprint density at radius 1 is 1.31 bits per heavy atom. The molecule has 0 aromatic heterocycles. The molecule has 0 bridgehead atoms. The summed E-state index contributed by atoms with van der Waals surface area (Å²) >= 11 is 0. The van der Waals surface area contributed by atoms with E-state index in [0.717, 1.165) is 12.8 Å². The number of hydrogen-bond donors (Lipinski definition) is 0. The van der Waals surface area contributed by atoms with E-state index in [0.29, 0.717) is 6.42 Å². The van der Waals surface area contributed by atoms with Crippen molar-refractivity contribution in [3.8, 4) is 0 Å². The Hall–Kier alpha value is 0.910. The maximum Gasteiger partial charge on any atom is 1.00 e. The van der Waals surface area contributed by atoms with Gasteiger partial charge in [0.05, 0.1) is 10.1 Å². The second-order valence-electron chi connectivity index (χ2n) is 3.88. The zero-order valence-corrected chi connectivity index (χ0v) is 11.8. The Kier molecular flexibility index (Phi) is 8.05. The first-order valence-corrected chi connectivity index (χ1v) is 5.78. The third kappa shape index (κ3) is 10.8. The van der Waals surface area contributed by atoms with E-state index in [4.69, 9.17) is 0 Å². The maximum atomic E-state index is 10.2. The predicted molar refractivity (Wildman–Crippen MR) is 47.9 cm³/mol. The van der Waals surface area contributed by atoms with Crippen molar-refractivity contribution in [3.05, 3.63) is 0 Å². The Morgan fingerprint density at radius 2 is 1.77 bits per heavy atom. The molecule has 0 aliphatic rings. The first kappa shape index (κ1) is 16.3. The summed E-state index contributed by atoms with van der Waals surface area (Å²) in [6, 6.07) is 0. The van der Waals surface area contributed by atoms with E-state index in [-0.39, 0.29) is 40.7 Å². The van der Waals surface area contributed by atoms with E-state index in [9.17, 15) is 13.0 Å². The van der Waals surface area contributed by atoms with Crippen LogP contribution in [0.15, 0.2) is 0 Å². The summed E-state index contributed by atoms with van der Waals surface area (Å²) in [7, 11) is -4.00. The molecule has 0 N–H and O–H groups in total. The van der Waals surface area contributed by atoms with Crippen LogP contribution in [0.25, 0.3) is 0 Å². The minimum Gasteiger partial charge on any atom is -0.748 e. The van der Waals surface area contributed by atoms with Gasteiger partial charge in [-0.25, -0.2) is 8.42 Å². The summed E-state index contributed by atoms with van der Waals surface area (Å²) in [6.45, 7) is 6.21. The van der Waals surface area contributed by atoms with E-state index in [1.165, 1.54) is 0 Å². The minimum absolute atomic E-state index is 0. The van der Waals surface area contributed by atoms with Crippen molar-refractivity contribution >= 4 is 10.1 Å². The van der Waals surface area contributed by atoms with Gasteiger partial charge in [-0.2, -0.15) is 0 Å². The molecule has 13 heavy (non-hydrogen) atoms. The van der Waals surface area contributed by atoms with Crippen molar-refractivity contribution in [1.29, 1.82) is 0 Å². The van der Waals surface area contributed by atoms with Gasteiger partial charge >= 0.3 is 29.6 Å². The topological polar surface area (TPSA) is 57.2 Å². The van der Waals surface area contributed by atoms with Crippen LogP contribution in [-0.2, 0) is 10.1 Å². The van der Waals surface area contributed by atoms with Crippen LogP contribution in [0.4, 0.5) is 0 Å². The second-order valence-corrected chi connectivity index (χ2v) is 5.41. The van der Waals surface area contributed by atoms with Crippen molar-refractivity contribution in [1.82, 2.24) is 0 Å². The molecule has 0 saturated heterocycles. The molecule has 0 unspecified atom stereocenters. The van der Waals surface area contributed by atoms with E-state index in [1.807, 2.05) is 0 Å². The van der Waals surface area contributed by atoms with E-state index in [1.54, 1.807) is 0 Å². The molecule has 0 rings (SSSR count). The Labute approximate surface area is 103 Å². The molecule has 0 heterocycles. The summed E-state index contributed by atoms with van der Waals surface area (Å²) in [5.41, 5.74) is 0.157. The maximum absolute atomic E-state index is 10.2. The predicted octanol–water partition coefficient (Wildman–Crippen LogP) is -1.25. The largest absolute Gasteiger partial charge is 1.00 e. The molecule has 0 aromatic carbocycles. The molecule has 0 aromatic rings. The van der Waals surface area contributed by atoms with Crippen LogP contribution >= 0.6 is 0 Å². The van der Waals surface area contributed by atoms with E-state index < -0.39 is 10.1 Å². The molecule has 3 nitrogen and oxygen atoms in total. The van der Waals surface area contributed by atoms with Crippen LogP contribution in [-0.4, -0.2) is 18.7 Å². The Balaban J connectivity index is 0. The Morgan fingerprint density at radius 3 is 2.08 bits per heavy atom. The zero-order chi connectivity index (χ0) is 9.83. The molecular weight excluding hydrogens is 199 g/mol. The van der Waals surface area contributed by atoms with Crippen molar-refractivity contribution in [2.24, 2.45) is 5.41 Å². The molecule has 0 spiro atoms. The third-order valence-corrected chi connectivity index (χ3v) is 2.99. The molecule has 0 fully saturated rings. The molecule has 0 atom stereocenters. The van der Waals surface area contributed by atoms with Gasteiger partial charge < -0.3 is 4.55 Å². The van der Waals surface area contributed by atoms with Crippen LogP contribution in [0.3, 0.4) is 0 Å². The van der Waals surface area contributed by atoms with Crippen molar-refractivity contribution in [2.45, 2.75) is 40.0 Å². The SMILES string of the molecule is CCC(C)(C)CCCS(=O)(=O)[O-].[Na+]. The smallest absolute Gasteiger partial charge is 0.748 e. The fourth-order valence-corrected chi connectivity index (χ4v) is 1.40. The second kappa shape index (κ2) is 6.40. The summed E-state index contributed by atoms with van der Waals surface area (Å²) in [5, 5.41) is 0. The van der Waals surface area contributed by atoms with Crippen LogP contribution < -0.4 is 29.6 Å². The summed E-state index contributed by atoms with van der Waals surface area (Å²) in [6.07, 6.45) is 2.28. The van der Waals surface area contributed by atoms with Crippen molar-refractivity contribution in [3.63, 3.8) is 0 Å². The van der Waals surface area contributed by atoms with Crippen LogP contribution in [0, 0.1) is 5.41 Å². The average Bonchev–Trinajstić information content (AvgIpc) is 1.84. The fraction of sp³-hybridized carbons (Fsp3) is 1.00. The first-order chi connectivity index (χ1) is 5.27. The van der Waals surface area contributed by atoms with Crippen molar-refractivity contribution in [2.75, 3.05) is 5.75 Å². The third-order valence-electron chi connectivity index (χ3n) is 2.20. The molecular formula is C8H17NaO3S. The average molecular weight is 216 g/mol. The fourth-order valence-electron chi connectivity index (χ4n) is 0.904. The van der Waals surface area contributed by atoms with Crippen LogP contribution in [0.1, 0.15) is 40.0 Å². The number of hydrogen-bond acceptors (Lipinski definition) is 3. The van der Waals surface area contributed by atoms with Crippen LogP contribution in [0.2, 0.25) is 0 Å². The van der Waals surface area contributed by atoms with Gasteiger partial charge in [-0.15, -0.1) is 0 Å². The molecule has 0 radical (unpaired) electrons. The molecule has 0 saturated carbocycles. The Bertz CT molecular complexity index is 222. The molecule has 5 heteroatoms.